The fourth-order valence-corrected chi connectivity index (χ4v) is 5.41. The predicted molar refractivity (Wildman–Crippen MR) is 113 cm³/mol. The summed E-state index contributed by atoms with van der Waals surface area (Å²) in [7, 11) is -3.65. The van der Waals surface area contributed by atoms with Crippen LogP contribution in [0.2, 0.25) is 0 Å². The molecule has 27 heavy (non-hydrogen) atoms. The molecule has 0 saturated carbocycles. The summed E-state index contributed by atoms with van der Waals surface area (Å²) in [6.45, 7) is 6.36. The fraction of sp³-hybridized carbons (Fsp3) is 0.304. The highest BCUT2D eigenvalue weighted by atomic mass is 31.2. The van der Waals surface area contributed by atoms with Crippen molar-refractivity contribution in [1.82, 2.24) is 5.32 Å². The van der Waals surface area contributed by atoms with Crippen molar-refractivity contribution >= 4 is 12.7 Å². The third kappa shape index (κ3) is 4.68. The second kappa shape index (κ2) is 7.98. The molecule has 0 spiro atoms. The smallest absolute Gasteiger partial charge is 0.255 e. The monoisotopic (exact) mass is 381 g/mol. The molecule has 0 amide bonds. The molecule has 3 rings (SSSR count). The van der Waals surface area contributed by atoms with Gasteiger partial charge in [0.1, 0.15) is 0 Å². The molecule has 2 aromatic carbocycles. The maximum atomic E-state index is 13.5. The maximum absolute atomic E-state index is 13.5. The Kier molecular flexibility index (Phi) is 5.86. The molecule has 2 aromatic rings. The van der Waals surface area contributed by atoms with Gasteiger partial charge in [0.2, 0.25) is 0 Å². The van der Waals surface area contributed by atoms with Gasteiger partial charge in [-0.25, -0.2) is 0 Å². The van der Waals surface area contributed by atoms with Gasteiger partial charge >= 0.3 is 0 Å². The average molecular weight is 381 g/mol. The van der Waals surface area contributed by atoms with Crippen molar-refractivity contribution in [2.75, 3.05) is 0 Å². The molecule has 4 heteroatoms. The molecule has 0 radical (unpaired) electrons. The molecule has 3 nitrogen and oxygen atoms in total. The van der Waals surface area contributed by atoms with Gasteiger partial charge in [-0.2, -0.15) is 0 Å². The predicted octanol–water partition coefficient (Wildman–Crippen LogP) is 5.17. The Labute approximate surface area is 162 Å². The van der Waals surface area contributed by atoms with Crippen molar-refractivity contribution in [2.24, 2.45) is 5.92 Å². The molecule has 1 aliphatic rings. The molecule has 0 bridgehead atoms. The summed E-state index contributed by atoms with van der Waals surface area (Å²) in [5.41, 5.74) is 0.978. The van der Waals surface area contributed by atoms with Crippen LogP contribution in [-0.4, -0.2) is 10.4 Å². The zero-order valence-corrected chi connectivity index (χ0v) is 17.1. The van der Waals surface area contributed by atoms with Crippen LogP contribution in [0.3, 0.4) is 0 Å². The third-order valence-electron chi connectivity index (χ3n) is 4.71. The molecular weight excluding hydrogens is 353 g/mol. The van der Waals surface area contributed by atoms with Gasteiger partial charge in [-0.1, -0.05) is 66.8 Å². The SMILES string of the molecule is CC(C)(C)N[C@@H](c1ccccc1)[C@@H]1C=CCC=C1P(=O)(O)c1ccccc1. The third-order valence-corrected chi connectivity index (χ3v) is 6.89. The van der Waals surface area contributed by atoms with Gasteiger partial charge in [0.05, 0.1) is 0 Å². The van der Waals surface area contributed by atoms with Crippen LogP contribution in [0.5, 0.6) is 0 Å². The van der Waals surface area contributed by atoms with E-state index in [1.54, 1.807) is 12.1 Å². The van der Waals surface area contributed by atoms with Gasteiger partial charge in [-0.15, -0.1) is 0 Å². The van der Waals surface area contributed by atoms with Crippen molar-refractivity contribution in [3.05, 3.63) is 89.8 Å². The van der Waals surface area contributed by atoms with Gasteiger partial charge in [-0.3, -0.25) is 4.57 Å². The first-order valence-corrected chi connectivity index (χ1v) is 11.0. The van der Waals surface area contributed by atoms with E-state index in [0.29, 0.717) is 17.0 Å². The van der Waals surface area contributed by atoms with E-state index in [2.05, 4.69) is 50.4 Å². The minimum Gasteiger partial charge on any atom is -0.338 e. The molecule has 2 N–H and O–H groups in total. The lowest BCUT2D eigenvalue weighted by Crippen LogP contribution is -2.42. The Balaban J connectivity index is 2.05. The van der Waals surface area contributed by atoms with Crippen molar-refractivity contribution in [1.29, 1.82) is 0 Å². The maximum Gasteiger partial charge on any atom is 0.255 e. The molecule has 1 unspecified atom stereocenters. The average Bonchev–Trinajstić information content (AvgIpc) is 2.67. The summed E-state index contributed by atoms with van der Waals surface area (Å²) in [6.07, 6.45) is 6.77. The zero-order chi connectivity index (χ0) is 19.5. The molecular formula is C23H28NO2P. The second-order valence-electron chi connectivity index (χ2n) is 8.01. The second-order valence-corrected chi connectivity index (χ2v) is 10.2. The van der Waals surface area contributed by atoms with E-state index in [4.69, 9.17) is 0 Å². The number of allylic oxidation sites excluding steroid dienone is 2. The molecule has 0 fully saturated rings. The number of hydrogen-bond donors (Lipinski definition) is 2. The van der Waals surface area contributed by atoms with E-state index >= 15 is 0 Å². The van der Waals surface area contributed by atoms with Crippen LogP contribution < -0.4 is 10.6 Å². The van der Waals surface area contributed by atoms with E-state index in [1.165, 1.54) is 0 Å². The number of hydrogen-bond acceptors (Lipinski definition) is 2. The molecule has 3 atom stereocenters. The highest BCUT2D eigenvalue weighted by molar-refractivity contribution is 7.70. The topological polar surface area (TPSA) is 49.3 Å². The highest BCUT2D eigenvalue weighted by Gasteiger charge is 2.37. The van der Waals surface area contributed by atoms with Crippen molar-refractivity contribution in [3.63, 3.8) is 0 Å². The van der Waals surface area contributed by atoms with Crippen molar-refractivity contribution in [3.8, 4) is 0 Å². The Morgan fingerprint density at radius 2 is 1.63 bits per heavy atom. The molecule has 0 heterocycles. The Hall–Kier alpha value is -1.93. The minimum atomic E-state index is -3.65. The number of rotatable bonds is 5. The normalized spacial score (nSPS) is 20.6. The number of benzene rings is 2. The minimum absolute atomic E-state index is 0.0850. The first kappa shape index (κ1) is 19.8. The summed E-state index contributed by atoms with van der Waals surface area (Å²) in [5.74, 6) is -0.184. The molecule has 0 aromatic heterocycles. The lowest BCUT2D eigenvalue weighted by Gasteiger charge is -2.36. The highest BCUT2D eigenvalue weighted by Crippen LogP contribution is 2.55. The van der Waals surface area contributed by atoms with Crippen LogP contribution in [0.1, 0.15) is 38.8 Å². The summed E-state index contributed by atoms with van der Waals surface area (Å²) < 4.78 is 13.5. The molecule has 1 aliphatic carbocycles. The summed E-state index contributed by atoms with van der Waals surface area (Å²) in [6, 6.07) is 19.1. The van der Waals surface area contributed by atoms with E-state index in [-0.39, 0.29) is 17.5 Å². The Bertz CT molecular complexity index is 866. The van der Waals surface area contributed by atoms with Crippen LogP contribution >= 0.6 is 7.37 Å². The Morgan fingerprint density at radius 1 is 1.04 bits per heavy atom. The lowest BCUT2D eigenvalue weighted by atomic mass is 9.87. The summed E-state index contributed by atoms with van der Waals surface area (Å²) in [5, 5.41) is 4.77. The summed E-state index contributed by atoms with van der Waals surface area (Å²) >= 11 is 0. The van der Waals surface area contributed by atoms with Crippen molar-refractivity contribution in [2.45, 2.75) is 38.8 Å². The van der Waals surface area contributed by atoms with E-state index < -0.39 is 7.37 Å². The molecule has 0 saturated heterocycles. The standard InChI is InChI=1S/C23H28NO2P/c1-23(2,3)24-22(18-12-6-4-7-13-18)20-16-10-11-17-21(20)27(25,26)19-14-8-5-9-15-19/h4-10,12-17,20,22,24H,11H2,1-3H3,(H,25,26)/t20-,22+/m1/s1. The van der Waals surface area contributed by atoms with E-state index in [1.807, 2.05) is 42.5 Å². The van der Waals surface area contributed by atoms with Crippen LogP contribution in [0, 0.1) is 5.92 Å². The lowest BCUT2D eigenvalue weighted by molar-refractivity contribution is 0.331. The first-order chi connectivity index (χ1) is 12.8. The quantitative estimate of drug-likeness (QED) is 0.555. The molecule has 142 valence electrons. The van der Waals surface area contributed by atoms with E-state index in [0.717, 1.165) is 5.56 Å². The van der Waals surface area contributed by atoms with Gasteiger partial charge < -0.3 is 10.2 Å². The van der Waals surface area contributed by atoms with Crippen LogP contribution in [-0.2, 0) is 4.57 Å². The summed E-state index contributed by atoms with van der Waals surface area (Å²) in [4.78, 5) is 11.1. The molecule has 0 aliphatic heterocycles. The van der Waals surface area contributed by atoms with Gasteiger partial charge in [0, 0.05) is 28.1 Å². The van der Waals surface area contributed by atoms with E-state index in [9.17, 15) is 9.46 Å². The largest absolute Gasteiger partial charge is 0.338 e. The van der Waals surface area contributed by atoms with Crippen LogP contribution in [0.25, 0.3) is 0 Å². The van der Waals surface area contributed by atoms with Crippen LogP contribution in [0.15, 0.2) is 84.2 Å². The first-order valence-electron chi connectivity index (χ1n) is 9.37. The van der Waals surface area contributed by atoms with Gasteiger partial charge in [-0.05, 0) is 44.9 Å². The number of nitrogens with one attached hydrogen (secondary N) is 1. The zero-order valence-electron chi connectivity index (χ0n) is 16.2. The Morgan fingerprint density at radius 3 is 2.22 bits per heavy atom. The van der Waals surface area contributed by atoms with Gasteiger partial charge in [0.15, 0.2) is 0 Å². The van der Waals surface area contributed by atoms with Gasteiger partial charge in [0.25, 0.3) is 7.37 Å². The van der Waals surface area contributed by atoms with Crippen LogP contribution in [0.4, 0.5) is 0 Å². The fourth-order valence-electron chi connectivity index (χ4n) is 3.54. The van der Waals surface area contributed by atoms with Crippen molar-refractivity contribution < 1.29 is 9.46 Å².